The third-order valence-electron chi connectivity index (χ3n) is 4.02. The Hall–Kier alpha value is -2.04. The summed E-state index contributed by atoms with van der Waals surface area (Å²) in [5.74, 6) is 0.552. The van der Waals surface area contributed by atoms with Crippen LogP contribution >= 0.6 is 0 Å². The number of carbonyl (C=O) groups is 2. The molecule has 0 bridgehead atoms. The molecule has 1 aliphatic heterocycles. The number of rotatable bonds is 5. The fourth-order valence-corrected chi connectivity index (χ4v) is 2.81. The molecule has 1 heterocycles. The molecule has 1 saturated heterocycles. The quantitative estimate of drug-likeness (QED) is 0.908. The van der Waals surface area contributed by atoms with E-state index < -0.39 is 0 Å². The predicted octanol–water partition coefficient (Wildman–Crippen LogP) is 2.72. The molecule has 1 fully saturated rings. The molecule has 0 spiro atoms. The van der Waals surface area contributed by atoms with E-state index in [-0.39, 0.29) is 11.9 Å². The molecule has 5 heteroatoms. The van der Waals surface area contributed by atoms with Gasteiger partial charge in [-0.2, -0.15) is 0 Å². The van der Waals surface area contributed by atoms with Gasteiger partial charge in [-0.1, -0.05) is 26.0 Å². The first-order chi connectivity index (χ1) is 11.0. The molecule has 0 saturated carbocycles. The molecule has 1 N–H and O–H groups in total. The fraction of sp³-hybridized carbons (Fsp3) is 0.556. The molecular formula is C18H27N3O2. The monoisotopic (exact) mass is 317 g/mol. The minimum absolute atomic E-state index is 0.0732. The van der Waals surface area contributed by atoms with E-state index in [1.807, 2.05) is 29.2 Å². The standard InChI is InChI=1S/C18H27N3O2/c1-14(2)13-20(3)18(23)19-12-15-6-8-16(9-7-15)17(22)21-10-4-5-11-21/h6-9,14H,4-5,10-13H2,1-3H3,(H,19,23). The Labute approximate surface area is 138 Å². The van der Waals surface area contributed by atoms with Crippen LogP contribution < -0.4 is 5.32 Å². The van der Waals surface area contributed by atoms with Gasteiger partial charge in [0.2, 0.25) is 0 Å². The largest absolute Gasteiger partial charge is 0.339 e. The van der Waals surface area contributed by atoms with Crippen molar-refractivity contribution in [2.24, 2.45) is 5.92 Å². The summed E-state index contributed by atoms with van der Waals surface area (Å²) in [5.41, 5.74) is 1.72. The molecule has 23 heavy (non-hydrogen) atoms. The highest BCUT2D eigenvalue weighted by atomic mass is 16.2. The Balaban J connectivity index is 1.85. The number of hydrogen-bond acceptors (Lipinski definition) is 2. The lowest BCUT2D eigenvalue weighted by Gasteiger charge is -2.20. The molecule has 0 radical (unpaired) electrons. The van der Waals surface area contributed by atoms with Gasteiger partial charge in [-0.15, -0.1) is 0 Å². The summed E-state index contributed by atoms with van der Waals surface area (Å²) < 4.78 is 0. The van der Waals surface area contributed by atoms with Gasteiger partial charge in [0, 0.05) is 38.8 Å². The van der Waals surface area contributed by atoms with Crippen LogP contribution in [0.5, 0.6) is 0 Å². The highest BCUT2D eigenvalue weighted by Gasteiger charge is 2.19. The fourth-order valence-electron chi connectivity index (χ4n) is 2.81. The maximum atomic E-state index is 12.3. The van der Waals surface area contributed by atoms with E-state index in [9.17, 15) is 9.59 Å². The van der Waals surface area contributed by atoms with Crippen molar-refractivity contribution in [1.29, 1.82) is 0 Å². The lowest BCUT2D eigenvalue weighted by Crippen LogP contribution is -2.38. The summed E-state index contributed by atoms with van der Waals surface area (Å²) in [6.45, 7) is 7.09. The third kappa shape index (κ3) is 4.98. The van der Waals surface area contributed by atoms with Crippen LogP contribution in [0.1, 0.15) is 42.6 Å². The minimum Gasteiger partial charge on any atom is -0.339 e. The molecule has 0 aliphatic carbocycles. The summed E-state index contributed by atoms with van der Waals surface area (Å²) in [4.78, 5) is 27.8. The molecule has 1 aromatic carbocycles. The molecular weight excluding hydrogens is 290 g/mol. The number of hydrogen-bond donors (Lipinski definition) is 1. The predicted molar refractivity (Wildman–Crippen MR) is 91.3 cm³/mol. The summed E-state index contributed by atoms with van der Waals surface area (Å²) in [7, 11) is 1.80. The highest BCUT2D eigenvalue weighted by molar-refractivity contribution is 5.94. The third-order valence-corrected chi connectivity index (χ3v) is 4.02. The summed E-state index contributed by atoms with van der Waals surface area (Å²) in [5, 5.41) is 2.90. The van der Waals surface area contributed by atoms with Crippen LogP contribution in [0.25, 0.3) is 0 Å². The van der Waals surface area contributed by atoms with Crippen LogP contribution in [-0.4, -0.2) is 48.4 Å². The second-order valence-electron chi connectivity index (χ2n) is 6.63. The van der Waals surface area contributed by atoms with Crippen LogP contribution in [0.3, 0.4) is 0 Å². The van der Waals surface area contributed by atoms with Crippen LogP contribution in [0.15, 0.2) is 24.3 Å². The highest BCUT2D eigenvalue weighted by Crippen LogP contribution is 2.13. The lowest BCUT2D eigenvalue weighted by molar-refractivity contribution is 0.0793. The van der Waals surface area contributed by atoms with E-state index in [1.54, 1.807) is 11.9 Å². The maximum absolute atomic E-state index is 12.3. The Morgan fingerprint density at radius 1 is 1.17 bits per heavy atom. The van der Waals surface area contributed by atoms with Gasteiger partial charge in [0.1, 0.15) is 0 Å². The van der Waals surface area contributed by atoms with Crippen molar-refractivity contribution in [1.82, 2.24) is 15.1 Å². The summed E-state index contributed by atoms with van der Waals surface area (Å²) >= 11 is 0. The number of nitrogens with zero attached hydrogens (tertiary/aromatic N) is 2. The topological polar surface area (TPSA) is 52.7 Å². The van der Waals surface area contributed by atoms with Gasteiger partial charge in [-0.3, -0.25) is 4.79 Å². The second-order valence-corrected chi connectivity index (χ2v) is 6.63. The van der Waals surface area contributed by atoms with Crippen LogP contribution in [-0.2, 0) is 6.54 Å². The molecule has 0 atom stereocenters. The van der Waals surface area contributed by atoms with Crippen LogP contribution in [0, 0.1) is 5.92 Å². The van der Waals surface area contributed by atoms with Gasteiger partial charge >= 0.3 is 6.03 Å². The zero-order valence-corrected chi connectivity index (χ0v) is 14.3. The number of likely N-dealkylation sites (tertiary alicyclic amines) is 1. The van der Waals surface area contributed by atoms with E-state index in [0.717, 1.165) is 43.6 Å². The molecule has 2 rings (SSSR count). The molecule has 5 nitrogen and oxygen atoms in total. The smallest absolute Gasteiger partial charge is 0.317 e. The first kappa shape index (κ1) is 17.3. The number of urea groups is 1. The average Bonchev–Trinajstić information content (AvgIpc) is 3.06. The lowest BCUT2D eigenvalue weighted by atomic mass is 10.1. The number of nitrogens with one attached hydrogen (secondary N) is 1. The normalized spacial score (nSPS) is 14.2. The van der Waals surface area contributed by atoms with Crippen molar-refractivity contribution >= 4 is 11.9 Å². The van der Waals surface area contributed by atoms with Gasteiger partial charge in [-0.25, -0.2) is 4.79 Å². The first-order valence-corrected chi connectivity index (χ1v) is 8.34. The number of carbonyl (C=O) groups excluding carboxylic acids is 2. The van der Waals surface area contributed by atoms with Crippen LogP contribution in [0.2, 0.25) is 0 Å². The van der Waals surface area contributed by atoms with E-state index in [4.69, 9.17) is 0 Å². The van der Waals surface area contributed by atoms with Gasteiger partial charge in [0.05, 0.1) is 0 Å². The summed E-state index contributed by atoms with van der Waals surface area (Å²) in [6, 6.07) is 7.44. The van der Waals surface area contributed by atoms with Crippen molar-refractivity contribution in [3.8, 4) is 0 Å². The zero-order valence-electron chi connectivity index (χ0n) is 14.3. The Morgan fingerprint density at radius 3 is 2.35 bits per heavy atom. The molecule has 3 amide bonds. The van der Waals surface area contributed by atoms with Crippen LogP contribution in [0.4, 0.5) is 4.79 Å². The minimum atomic E-state index is -0.0732. The zero-order chi connectivity index (χ0) is 16.8. The Kier molecular flexibility index (Phi) is 6.02. The van der Waals surface area contributed by atoms with Crippen molar-refractivity contribution in [2.75, 3.05) is 26.7 Å². The van der Waals surface area contributed by atoms with E-state index in [2.05, 4.69) is 19.2 Å². The van der Waals surface area contributed by atoms with Crippen molar-refractivity contribution in [2.45, 2.75) is 33.2 Å². The Morgan fingerprint density at radius 2 is 1.78 bits per heavy atom. The molecule has 1 aromatic rings. The first-order valence-electron chi connectivity index (χ1n) is 8.34. The van der Waals surface area contributed by atoms with Gasteiger partial charge in [0.25, 0.3) is 5.91 Å². The van der Waals surface area contributed by atoms with E-state index in [1.165, 1.54) is 0 Å². The molecule has 126 valence electrons. The van der Waals surface area contributed by atoms with Crippen molar-refractivity contribution in [3.05, 3.63) is 35.4 Å². The molecule has 0 unspecified atom stereocenters. The number of benzene rings is 1. The van der Waals surface area contributed by atoms with E-state index >= 15 is 0 Å². The van der Waals surface area contributed by atoms with Gasteiger partial charge in [-0.05, 0) is 36.5 Å². The van der Waals surface area contributed by atoms with E-state index in [0.29, 0.717) is 12.5 Å². The Bertz CT molecular complexity index is 534. The van der Waals surface area contributed by atoms with Gasteiger partial charge in [0.15, 0.2) is 0 Å². The summed E-state index contributed by atoms with van der Waals surface area (Å²) in [6.07, 6.45) is 2.19. The maximum Gasteiger partial charge on any atom is 0.317 e. The molecule has 1 aliphatic rings. The van der Waals surface area contributed by atoms with Crippen molar-refractivity contribution in [3.63, 3.8) is 0 Å². The number of amides is 3. The average molecular weight is 317 g/mol. The second kappa shape index (κ2) is 7.99. The van der Waals surface area contributed by atoms with Crippen molar-refractivity contribution < 1.29 is 9.59 Å². The van der Waals surface area contributed by atoms with Gasteiger partial charge < -0.3 is 15.1 Å². The SMILES string of the molecule is CC(C)CN(C)C(=O)NCc1ccc(C(=O)N2CCCC2)cc1. The molecule has 0 aromatic heterocycles.